The molecule has 0 aromatic heterocycles. The van der Waals surface area contributed by atoms with Crippen molar-refractivity contribution in [2.75, 3.05) is 10.2 Å². The lowest BCUT2D eigenvalue weighted by Crippen LogP contribution is -2.69. The summed E-state index contributed by atoms with van der Waals surface area (Å²) in [4.78, 5) is 43.4. The van der Waals surface area contributed by atoms with Crippen molar-refractivity contribution in [2.24, 2.45) is 0 Å². The normalized spacial score (nSPS) is 19.3. The maximum absolute atomic E-state index is 14.4. The third kappa shape index (κ3) is 3.36. The van der Waals surface area contributed by atoms with Crippen molar-refractivity contribution in [3.8, 4) is 0 Å². The molecule has 2 aliphatic rings. The first-order valence-corrected chi connectivity index (χ1v) is 10.8. The van der Waals surface area contributed by atoms with E-state index >= 15 is 0 Å². The number of nitrogens with one attached hydrogen (secondary N) is 1. The Kier molecular flexibility index (Phi) is 5.13. The van der Waals surface area contributed by atoms with Gasteiger partial charge < -0.3 is 10.2 Å². The molecule has 8 heteroatoms. The molecular weight excluding hydrogens is 445 g/mol. The molecule has 0 spiro atoms. The molecular formula is C25H19ClFN3O3. The number of amides is 3. The van der Waals surface area contributed by atoms with Crippen LogP contribution in [0.1, 0.15) is 28.8 Å². The lowest BCUT2D eigenvalue weighted by Gasteiger charge is -2.49. The van der Waals surface area contributed by atoms with Crippen molar-refractivity contribution in [3.63, 3.8) is 0 Å². The Morgan fingerprint density at radius 3 is 2.55 bits per heavy atom. The van der Waals surface area contributed by atoms with E-state index in [2.05, 4.69) is 5.32 Å². The molecule has 6 nitrogen and oxygen atoms in total. The summed E-state index contributed by atoms with van der Waals surface area (Å²) < 4.78 is 14.4. The van der Waals surface area contributed by atoms with E-state index < -0.39 is 17.4 Å². The zero-order valence-corrected chi connectivity index (χ0v) is 18.2. The number of hydrogen-bond acceptors (Lipinski definition) is 3. The standard InChI is InChI=1S/C25H19ClFN3O3/c26-17-10-11-19(27)20(14-17)28-24(33)25-13-12-22(31)30(25)21-9-5-4-8-18(21)23(32)29(25)15-16-6-2-1-3-7-16/h1-11,14H,12-13,15H2,(H,28,33)/t25-/m1/s1. The molecule has 2 aliphatic heterocycles. The minimum Gasteiger partial charge on any atom is -0.320 e. The summed E-state index contributed by atoms with van der Waals surface area (Å²) in [5.41, 5.74) is -0.262. The second-order valence-corrected chi connectivity index (χ2v) is 8.45. The molecule has 1 fully saturated rings. The number of para-hydroxylation sites is 1. The van der Waals surface area contributed by atoms with Crippen LogP contribution >= 0.6 is 11.6 Å². The Morgan fingerprint density at radius 1 is 1.03 bits per heavy atom. The van der Waals surface area contributed by atoms with Gasteiger partial charge in [0.25, 0.3) is 11.8 Å². The molecule has 3 amide bonds. The summed E-state index contributed by atoms with van der Waals surface area (Å²) >= 11 is 6.00. The summed E-state index contributed by atoms with van der Waals surface area (Å²) in [6, 6.07) is 19.8. The molecule has 1 N–H and O–H groups in total. The number of fused-ring (bicyclic) bond motifs is 3. The molecule has 0 unspecified atom stereocenters. The van der Waals surface area contributed by atoms with Gasteiger partial charge in [-0.1, -0.05) is 54.1 Å². The smallest absolute Gasteiger partial charge is 0.271 e. The van der Waals surface area contributed by atoms with Crippen molar-refractivity contribution in [1.82, 2.24) is 4.90 Å². The van der Waals surface area contributed by atoms with Crippen LogP contribution in [0, 0.1) is 5.82 Å². The summed E-state index contributed by atoms with van der Waals surface area (Å²) in [6.07, 6.45) is 0.144. The van der Waals surface area contributed by atoms with Crippen LogP contribution in [0.3, 0.4) is 0 Å². The van der Waals surface area contributed by atoms with Gasteiger partial charge in [-0.3, -0.25) is 19.3 Å². The highest BCUT2D eigenvalue weighted by Crippen LogP contribution is 2.45. The molecule has 3 aromatic rings. The van der Waals surface area contributed by atoms with Crippen molar-refractivity contribution in [3.05, 3.63) is 94.8 Å². The maximum Gasteiger partial charge on any atom is 0.271 e. The summed E-state index contributed by atoms with van der Waals surface area (Å²) in [6.45, 7) is 0.100. The number of rotatable bonds is 4. The maximum atomic E-state index is 14.4. The molecule has 166 valence electrons. The van der Waals surface area contributed by atoms with Crippen molar-refractivity contribution in [2.45, 2.75) is 25.0 Å². The monoisotopic (exact) mass is 463 g/mol. The molecule has 0 saturated carbocycles. The fraction of sp³-hybridized carbons (Fsp3) is 0.160. The van der Waals surface area contributed by atoms with Crippen molar-refractivity contribution < 1.29 is 18.8 Å². The van der Waals surface area contributed by atoms with Crippen LogP contribution in [0.4, 0.5) is 15.8 Å². The van der Waals surface area contributed by atoms with E-state index in [1.165, 1.54) is 21.9 Å². The third-order valence-corrected chi connectivity index (χ3v) is 6.33. The van der Waals surface area contributed by atoms with Gasteiger partial charge in [-0.05, 0) is 35.9 Å². The van der Waals surface area contributed by atoms with E-state index in [0.717, 1.165) is 11.6 Å². The van der Waals surface area contributed by atoms with Crippen LogP contribution in [0.2, 0.25) is 5.02 Å². The highest BCUT2D eigenvalue weighted by Gasteiger charge is 2.60. The Balaban J connectivity index is 1.66. The molecule has 2 heterocycles. The van der Waals surface area contributed by atoms with Crippen LogP contribution in [-0.4, -0.2) is 28.3 Å². The lowest BCUT2D eigenvalue weighted by molar-refractivity contribution is -0.129. The van der Waals surface area contributed by atoms with Gasteiger partial charge in [0.05, 0.1) is 16.9 Å². The molecule has 0 aliphatic carbocycles. The Morgan fingerprint density at radius 2 is 1.76 bits per heavy atom. The number of nitrogens with zero attached hydrogens (tertiary/aromatic N) is 2. The van der Waals surface area contributed by atoms with Gasteiger partial charge in [-0.15, -0.1) is 0 Å². The predicted octanol–water partition coefficient (Wildman–Crippen LogP) is 4.60. The third-order valence-electron chi connectivity index (χ3n) is 6.10. The predicted molar refractivity (Wildman–Crippen MR) is 122 cm³/mol. The van der Waals surface area contributed by atoms with E-state index in [0.29, 0.717) is 11.3 Å². The second kappa shape index (κ2) is 8.01. The Labute approximate surface area is 194 Å². The van der Waals surface area contributed by atoms with E-state index in [1.54, 1.807) is 24.3 Å². The zero-order chi connectivity index (χ0) is 23.2. The minimum absolute atomic E-state index is 0.0678. The van der Waals surface area contributed by atoms with Gasteiger partial charge in [0.1, 0.15) is 5.82 Å². The first-order valence-electron chi connectivity index (χ1n) is 10.5. The average Bonchev–Trinajstić information content (AvgIpc) is 3.18. The molecule has 0 radical (unpaired) electrons. The van der Waals surface area contributed by atoms with E-state index in [1.807, 2.05) is 30.3 Å². The van der Waals surface area contributed by atoms with Crippen LogP contribution < -0.4 is 10.2 Å². The van der Waals surface area contributed by atoms with Gasteiger partial charge >= 0.3 is 0 Å². The van der Waals surface area contributed by atoms with Gasteiger partial charge in [0.15, 0.2) is 0 Å². The number of anilines is 2. The molecule has 1 atom stereocenters. The zero-order valence-electron chi connectivity index (χ0n) is 17.4. The number of carbonyl (C=O) groups is 3. The lowest BCUT2D eigenvalue weighted by atomic mass is 9.94. The number of carbonyl (C=O) groups excluding carboxylic acids is 3. The van der Waals surface area contributed by atoms with Gasteiger partial charge in [0, 0.05) is 24.4 Å². The van der Waals surface area contributed by atoms with Crippen molar-refractivity contribution >= 4 is 40.7 Å². The largest absolute Gasteiger partial charge is 0.320 e. The average molecular weight is 464 g/mol. The van der Waals surface area contributed by atoms with Crippen LogP contribution in [0.15, 0.2) is 72.8 Å². The Bertz CT molecular complexity index is 1280. The van der Waals surface area contributed by atoms with Crippen LogP contribution in [0.25, 0.3) is 0 Å². The molecule has 5 rings (SSSR count). The van der Waals surface area contributed by atoms with E-state index in [9.17, 15) is 18.8 Å². The number of halogens is 2. The highest BCUT2D eigenvalue weighted by molar-refractivity contribution is 6.31. The van der Waals surface area contributed by atoms with Crippen LogP contribution in [-0.2, 0) is 16.1 Å². The van der Waals surface area contributed by atoms with Gasteiger partial charge in [-0.25, -0.2) is 4.39 Å². The molecule has 33 heavy (non-hydrogen) atoms. The summed E-state index contributed by atoms with van der Waals surface area (Å²) in [7, 11) is 0. The number of benzene rings is 3. The topological polar surface area (TPSA) is 69.7 Å². The first kappa shape index (κ1) is 21.2. The van der Waals surface area contributed by atoms with Crippen LogP contribution in [0.5, 0.6) is 0 Å². The van der Waals surface area contributed by atoms with Crippen molar-refractivity contribution in [1.29, 1.82) is 0 Å². The second-order valence-electron chi connectivity index (χ2n) is 8.02. The van der Waals surface area contributed by atoms with Gasteiger partial charge in [-0.2, -0.15) is 0 Å². The minimum atomic E-state index is -1.65. The number of hydrogen-bond donors (Lipinski definition) is 1. The molecule has 1 saturated heterocycles. The fourth-order valence-corrected chi connectivity index (χ4v) is 4.76. The van der Waals surface area contributed by atoms with E-state index in [4.69, 9.17) is 11.6 Å². The highest BCUT2D eigenvalue weighted by atomic mass is 35.5. The summed E-state index contributed by atoms with van der Waals surface area (Å²) in [5.74, 6) is -2.00. The molecule has 3 aromatic carbocycles. The summed E-state index contributed by atoms with van der Waals surface area (Å²) in [5, 5.41) is 2.83. The quantitative estimate of drug-likeness (QED) is 0.615. The van der Waals surface area contributed by atoms with Gasteiger partial charge in [0.2, 0.25) is 11.6 Å². The fourth-order valence-electron chi connectivity index (χ4n) is 4.59. The molecule has 0 bridgehead atoms. The first-order chi connectivity index (χ1) is 15.9. The Hall–Kier alpha value is -3.71. The SMILES string of the molecule is O=C1c2ccccc2N2C(=O)CC[C@@]2(C(=O)Nc2cc(Cl)ccc2F)N1Cc1ccccc1. The van der Waals surface area contributed by atoms with E-state index in [-0.39, 0.29) is 41.9 Å².